The number of anilines is 1. The van der Waals surface area contributed by atoms with Crippen LogP contribution >= 0.6 is 11.8 Å². The molecule has 0 saturated heterocycles. The van der Waals surface area contributed by atoms with Gasteiger partial charge in [0.15, 0.2) is 0 Å². The summed E-state index contributed by atoms with van der Waals surface area (Å²) in [7, 11) is 0. The maximum atomic E-state index is 8.83. The summed E-state index contributed by atoms with van der Waals surface area (Å²) in [4.78, 5) is 0.886. The predicted octanol–water partition coefficient (Wildman–Crippen LogP) is 2.68. The Kier molecular flexibility index (Phi) is 2.99. The van der Waals surface area contributed by atoms with Crippen LogP contribution < -0.4 is 5.73 Å². The minimum atomic E-state index is 0.549. The molecular formula is C10H10N2S. The number of nitrogen functional groups attached to an aromatic ring is 1. The summed E-state index contributed by atoms with van der Waals surface area (Å²) in [6.07, 6.45) is 0. The SMILES string of the molecule is C=CSc1ccc(C)c(C#N)c1N. The molecule has 0 bridgehead atoms. The fraction of sp³-hybridized carbons (Fsp3) is 0.100. The molecule has 0 fully saturated rings. The summed E-state index contributed by atoms with van der Waals surface area (Å²) >= 11 is 1.43. The lowest BCUT2D eigenvalue weighted by Gasteiger charge is -2.06. The van der Waals surface area contributed by atoms with Crippen molar-refractivity contribution in [2.24, 2.45) is 0 Å². The fourth-order valence-electron chi connectivity index (χ4n) is 1.05. The van der Waals surface area contributed by atoms with E-state index in [2.05, 4.69) is 12.6 Å². The molecule has 0 atom stereocenters. The molecule has 2 N–H and O–H groups in total. The minimum absolute atomic E-state index is 0.549. The highest BCUT2D eigenvalue weighted by molar-refractivity contribution is 8.02. The Labute approximate surface area is 82.1 Å². The number of hydrogen-bond acceptors (Lipinski definition) is 3. The monoisotopic (exact) mass is 190 g/mol. The van der Waals surface area contributed by atoms with E-state index in [1.54, 1.807) is 5.41 Å². The molecule has 0 aliphatic rings. The standard InChI is InChI=1S/C10H10N2S/c1-3-13-9-5-4-7(2)8(6-11)10(9)12/h3-5H,1,12H2,2H3. The lowest BCUT2D eigenvalue weighted by Crippen LogP contribution is -1.95. The highest BCUT2D eigenvalue weighted by Gasteiger charge is 2.06. The Morgan fingerprint density at radius 2 is 2.31 bits per heavy atom. The first kappa shape index (κ1) is 9.69. The smallest absolute Gasteiger partial charge is 0.102 e. The van der Waals surface area contributed by atoms with Crippen LogP contribution in [-0.2, 0) is 0 Å². The predicted molar refractivity (Wildman–Crippen MR) is 56.4 cm³/mol. The Balaban J connectivity index is 3.29. The Hall–Kier alpha value is -1.40. The molecule has 1 aromatic carbocycles. The second-order valence-corrected chi connectivity index (χ2v) is 3.57. The summed E-state index contributed by atoms with van der Waals surface area (Å²) in [6.45, 7) is 5.47. The first-order valence-corrected chi connectivity index (χ1v) is 4.65. The van der Waals surface area contributed by atoms with Crippen LogP contribution in [0.3, 0.4) is 0 Å². The lowest BCUT2D eigenvalue weighted by molar-refractivity contribution is 1.33. The molecule has 0 amide bonds. The highest BCUT2D eigenvalue weighted by Crippen LogP contribution is 2.29. The third kappa shape index (κ3) is 1.85. The van der Waals surface area contributed by atoms with Gasteiger partial charge in [-0.15, -0.1) is 0 Å². The molecule has 13 heavy (non-hydrogen) atoms. The molecule has 0 radical (unpaired) electrons. The first-order chi connectivity index (χ1) is 6.20. The molecule has 1 aromatic rings. The zero-order valence-electron chi connectivity index (χ0n) is 7.37. The van der Waals surface area contributed by atoms with E-state index in [1.807, 2.05) is 19.1 Å². The number of aryl methyl sites for hydroxylation is 1. The van der Waals surface area contributed by atoms with Gasteiger partial charge in [0.05, 0.1) is 11.3 Å². The van der Waals surface area contributed by atoms with Crippen LogP contribution in [0.4, 0.5) is 5.69 Å². The van der Waals surface area contributed by atoms with Crippen molar-refractivity contribution in [3.8, 4) is 6.07 Å². The molecule has 0 heterocycles. The van der Waals surface area contributed by atoms with Crippen molar-refractivity contribution in [2.75, 3.05) is 5.73 Å². The molecule has 2 nitrogen and oxygen atoms in total. The Morgan fingerprint density at radius 1 is 1.62 bits per heavy atom. The van der Waals surface area contributed by atoms with Gasteiger partial charge in [-0.05, 0) is 24.0 Å². The summed E-state index contributed by atoms with van der Waals surface area (Å²) in [5.74, 6) is 0. The molecule has 0 aromatic heterocycles. The van der Waals surface area contributed by atoms with Crippen molar-refractivity contribution in [2.45, 2.75) is 11.8 Å². The zero-order chi connectivity index (χ0) is 9.84. The normalized spacial score (nSPS) is 9.23. The third-order valence-corrected chi connectivity index (χ3v) is 2.51. The molecule has 3 heteroatoms. The molecular weight excluding hydrogens is 180 g/mol. The number of thioether (sulfide) groups is 1. The van der Waals surface area contributed by atoms with E-state index in [9.17, 15) is 0 Å². The van der Waals surface area contributed by atoms with Crippen molar-refractivity contribution >= 4 is 17.4 Å². The van der Waals surface area contributed by atoms with Gasteiger partial charge in [0, 0.05) is 4.90 Å². The van der Waals surface area contributed by atoms with Gasteiger partial charge in [0.25, 0.3) is 0 Å². The number of nitrogens with zero attached hydrogens (tertiary/aromatic N) is 1. The zero-order valence-corrected chi connectivity index (χ0v) is 8.19. The van der Waals surface area contributed by atoms with Gasteiger partial charge in [0.1, 0.15) is 6.07 Å². The maximum Gasteiger partial charge on any atom is 0.102 e. The molecule has 0 aliphatic heterocycles. The van der Waals surface area contributed by atoms with Crippen LogP contribution in [0.15, 0.2) is 29.0 Å². The van der Waals surface area contributed by atoms with Crippen LogP contribution in [0.5, 0.6) is 0 Å². The molecule has 66 valence electrons. The van der Waals surface area contributed by atoms with Crippen LogP contribution in [0.2, 0.25) is 0 Å². The minimum Gasteiger partial charge on any atom is -0.397 e. The van der Waals surface area contributed by atoms with E-state index in [-0.39, 0.29) is 0 Å². The highest BCUT2D eigenvalue weighted by atomic mass is 32.2. The average Bonchev–Trinajstić information content (AvgIpc) is 2.11. The number of benzene rings is 1. The first-order valence-electron chi connectivity index (χ1n) is 3.77. The number of hydrogen-bond donors (Lipinski definition) is 1. The van der Waals surface area contributed by atoms with Gasteiger partial charge in [-0.1, -0.05) is 24.4 Å². The van der Waals surface area contributed by atoms with Crippen molar-refractivity contribution in [3.05, 3.63) is 35.2 Å². The Bertz CT molecular complexity index is 377. The largest absolute Gasteiger partial charge is 0.397 e. The summed E-state index contributed by atoms with van der Waals surface area (Å²) in [5, 5.41) is 10.5. The Morgan fingerprint density at radius 3 is 2.85 bits per heavy atom. The van der Waals surface area contributed by atoms with Crippen molar-refractivity contribution < 1.29 is 0 Å². The van der Waals surface area contributed by atoms with Crippen molar-refractivity contribution in [3.63, 3.8) is 0 Å². The maximum absolute atomic E-state index is 8.83. The van der Waals surface area contributed by atoms with Gasteiger partial charge >= 0.3 is 0 Å². The van der Waals surface area contributed by atoms with Gasteiger partial charge in [-0.25, -0.2) is 0 Å². The molecule has 0 unspecified atom stereocenters. The second-order valence-electron chi connectivity index (χ2n) is 2.57. The summed E-state index contributed by atoms with van der Waals surface area (Å²) in [5.41, 5.74) is 7.81. The number of nitriles is 1. The number of nitrogens with two attached hydrogens (primary N) is 1. The van der Waals surface area contributed by atoms with Gasteiger partial charge in [0.2, 0.25) is 0 Å². The van der Waals surface area contributed by atoms with Crippen molar-refractivity contribution in [1.82, 2.24) is 0 Å². The fourth-order valence-corrected chi connectivity index (χ4v) is 1.61. The molecule has 0 aliphatic carbocycles. The molecule has 0 spiro atoms. The van der Waals surface area contributed by atoms with Gasteiger partial charge in [-0.2, -0.15) is 5.26 Å². The van der Waals surface area contributed by atoms with Crippen molar-refractivity contribution in [1.29, 1.82) is 5.26 Å². The van der Waals surface area contributed by atoms with E-state index >= 15 is 0 Å². The third-order valence-electron chi connectivity index (χ3n) is 1.74. The quantitative estimate of drug-likeness (QED) is 0.576. The average molecular weight is 190 g/mol. The van der Waals surface area contributed by atoms with Crippen LogP contribution in [0.25, 0.3) is 0 Å². The van der Waals surface area contributed by atoms with E-state index in [1.165, 1.54) is 11.8 Å². The summed E-state index contributed by atoms with van der Waals surface area (Å²) < 4.78 is 0. The second kappa shape index (κ2) is 4.01. The van der Waals surface area contributed by atoms with Gasteiger partial charge < -0.3 is 5.73 Å². The summed E-state index contributed by atoms with van der Waals surface area (Å²) in [6, 6.07) is 5.88. The van der Waals surface area contributed by atoms with Crippen LogP contribution in [0, 0.1) is 18.3 Å². The van der Waals surface area contributed by atoms with Crippen LogP contribution in [0.1, 0.15) is 11.1 Å². The van der Waals surface area contributed by atoms with E-state index in [0.29, 0.717) is 11.3 Å². The van der Waals surface area contributed by atoms with Crippen LogP contribution in [-0.4, -0.2) is 0 Å². The van der Waals surface area contributed by atoms with Gasteiger partial charge in [-0.3, -0.25) is 0 Å². The molecule has 1 rings (SSSR count). The lowest BCUT2D eigenvalue weighted by atomic mass is 10.1. The van der Waals surface area contributed by atoms with E-state index in [0.717, 1.165) is 10.5 Å². The number of rotatable bonds is 2. The van der Waals surface area contributed by atoms with E-state index < -0.39 is 0 Å². The van der Waals surface area contributed by atoms with E-state index in [4.69, 9.17) is 11.0 Å². The topological polar surface area (TPSA) is 49.8 Å². The molecule has 0 saturated carbocycles.